The Morgan fingerprint density at radius 2 is 1.75 bits per heavy atom. The lowest BCUT2D eigenvalue weighted by molar-refractivity contribution is -0.151. The molecule has 2 saturated heterocycles. The van der Waals surface area contributed by atoms with E-state index in [9.17, 15) is 14.4 Å². The molecule has 0 aromatic rings. The van der Waals surface area contributed by atoms with Gasteiger partial charge in [-0.2, -0.15) is 0 Å². The average Bonchev–Trinajstić information content (AvgIpc) is 3.71. The number of carbonyl (C=O) groups excluding carboxylic acids is 3. The lowest BCUT2D eigenvalue weighted by Crippen LogP contribution is -2.56. The van der Waals surface area contributed by atoms with Crippen LogP contribution in [0.25, 0.3) is 0 Å². The van der Waals surface area contributed by atoms with E-state index in [-0.39, 0.29) is 29.0 Å². The van der Waals surface area contributed by atoms with Crippen LogP contribution in [0, 0.1) is 40.4 Å². The molecule has 0 aromatic heterocycles. The van der Waals surface area contributed by atoms with Crippen LogP contribution in [0.3, 0.4) is 0 Å². The van der Waals surface area contributed by atoms with Crippen LogP contribution in [0.15, 0.2) is 0 Å². The van der Waals surface area contributed by atoms with Gasteiger partial charge in [-0.15, -0.1) is 0 Å². The van der Waals surface area contributed by atoms with Gasteiger partial charge in [-0.1, -0.05) is 39.5 Å². The second-order valence-electron chi connectivity index (χ2n) is 16.4. The quantitative estimate of drug-likeness (QED) is 0.311. The predicted octanol–water partition coefficient (Wildman–Crippen LogP) is 6.00. The first-order valence-electron chi connectivity index (χ1n) is 18.2. The molecule has 0 aromatic carbocycles. The fourth-order valence-corrected chi connectivity index (χ4v) is 11.5. The van der Waals surface area contributed by atoms with Crippen LogP contribution in [-0.2, 0) is 23.8 Å². The Morgan fingerprint density at radius 1 is 0.955 bits per heavy atom. The molecule has 44 heavy (non-hydrogen) atoms. The van der Waals surface area contributed by atoms with E-state index in [0.717, 1.165) is 58.0 Å². The van der Waals surface area contributed by atoms with Crippen LogP contribution in [-0.4, -0.2) is 85.3 Å². The van der Waals surface area contributed by atoms with Crippen LogP contribution in [0.1, 0.15) is 110 Å². The normalized spacial score (nSPS) is 41.7. The van der Waals surface area contributed by atoms with E-state index in [1.54, 1.807) is 0 Å². The van der Waals surface area contributed by atoms with Crippen LogP contribution in [0.4, 0.5) is 4.79 Å². The molecule has 8 heteroatoms. The van der Waals surface area contributed by atoms with Crippen molar-refractivity contribution < 1.29 is 28.6 Å². The zero-order valence-electron chi connectivity index (χ0n) is 27.4. The molecule has 7 aliphatic rings. The molecule has 2 heterocycles. The SMILES string of the molecule is C[C@]12CC[C@@]3(CC1CCC1C2CC[C@]2(C)C(=O)CCC12)CN(CC(CN1CCOCC1)OC(=O)CCC1CCCC1)C(=O)O3. The average molecular weight is 613 g/mol. The van der Waals surface area contributed by atoms with Crippen molar-refractivity contribution in [1.29, 1.82) is 0 Å². The minimum Gasteiger partial charge on any atom is -0.459 e. The smallest absolute Gasteiger partial charge is 0.410 e. The molecule has 2 aliphatic heterocycles. The number of esters is 1. The highest BCUT2D eigenvalue weighted by Crippen LogP contribution is 2.66. The zero-order chi connectivity index (χ0) is 30.5. The highest BCUT2D eigenvalue weighted by molar-refractivity contribution is 5.87. The Hall–Kier alpha value is -1.67. The summed E-state index contributed by atoms with van der Waals surface area (Å²) in [6.07, 6.45) is 15.2. The monoisotopic (exact) mass is 612 g/mol. The van der Waals surface area contributed by atoms with E-state index >= 15 is 0 Å². The van der Waals surface area contributed by atoms with Gasteiger partial charge < -0.3 is 19.1 Å². The number of rotatable bonds is 8. The summed E-state index contributed by atoms with van der Waals surface area (Å²) in [7, 11) is 0. The van der Waals surface area contributed by atoms with Gasteiger partial charge in [0.25, 0.3) is 0 Å². The van der Waals surface area contributed by atoms with Gasteiger partial charge in [-0.05, 0) is 92.8 Å². The maximum atomic E-state index is 13.4. The van der Waals surface area contributed by atoms with Crippen molar-refractivity contribution in [1.82, 2.24) is 9.80 Å². The Kier molecular flexibility index (Phi) is 8.56. The van der Waals surface area contributed by atoms with Crippen LogP contribution >= 0.6 is 0 Å². The first kappa shape index (κ1) is 31.0. The Bertz CT molecular complexity index is 1100. The second-order valence-corrected chi connectivity index (χ2v) is 16.4. The van der Waals surface area contributed by atoms with Crippen molar-refractivity contribution in [3.63, 3.8) is 0 Å². The number of hydrogen-bond donors (Lipinski definition) is 0. The van der Waals surface area contributed by atoms with E-state index in [0.29, 0.717) is 74.6 Å². The van der Waals surface area contributed by atoms with Gasteiger partial charge in [-0.3, -0.25) is 14.5 Å². The van der Waals surface area contributed by atoms with E-state index in [1.807, 2.05) is 4.90 Å². The van der Waals surface area contributed by atoms with Gasteiger partial charge in [0.2, 0.25) is 0 Å². The standard InChI is InChI=1S/C36H56N2O6/c1-34-15-16-36(21-26(34)8-9-28-29-10-11-31(39)35(29,2)14-13-30(28)34)24-38(33(41)44-36)23-27(22-37-17-19-42-20-18-37)43-32(40)12-7-25-5-3-4-6-25/h25-30H,3-24H2,1-2H3/t26?,27?,28?,29?,30?,34-,35-,36+/m0/s1. The number of ketones is 1. The largest absolute Gasteiger partial charge is 0.459 e. The Morgan fingerprint density at radius 3 is 2.55 bits per heavy atom. The van der Waals surface area contributed by atoms with Crippen LogP contribution < -0.4 is 0 Å². The van der Waals surface area contributed by atoms with Gasteiger partial charge >= 0.3 is 12.1 Å². The van der Waals surface area contributed by atoms with Gasteiger partial charge in [-0.25, -0.2) is 4.79 Å². The van der Waals surface area contributed by atoms with Crippen LogP contribution in [0.5, 0.6) is 0 Å². The predicted molar refractivity (Wildman–Crippen MR) is 166 cm³/mol. The van der Waals surface area contributed by atoms with Crippen molar-refractivity contribution in [3.8, 4) is 0 Å². The molecular formula is C36H56N2O6. The number of morpholine rings is 1. The molecule has 1 amide bonds. The Labute approximate surface area is 264 Å². The topological polar surface area (TPSA) is 85.4 Å². The summed E-state index contributed by atoms with van der Waals surface area (Å²) in [4.78, 5) is 43.4. The zero-order valence-corrected chi connectivity index (χ0v) is 27.4. The fraction of sp³-hybridized carbons (Fsp3) is 0.917. The lowest BCUT2D eigenvalue weighted by atomic mass is 9.44. The molecule has 0 radical (unpaired) electrons. The minimum atomic E-state index is -0.434. The van der Waals surface area contributed by atoms with Crippen LogP contribution in [0.2, 0.25) is 0 Å². The van der Waals surface area contributed by atoms with Gasteiger partial charge in [0, 0.05) is 37.9 Å². The molecule has 0 N–H and O–H groups in total. The molecule has 8 nitrogen and oxygen atoms in total. The number of amides is 1. The van der Waals surface area contributed by atoms with Crippen molar-refractivity contribution in [2.24, 2.45) is 40.4 Å². The number of ether oxygens (including phenoxy) is 3. The summed E-state index contributed by atoms with van der Waals surface area (Å²) < 4.78 is 18.0. The van der Waals surface area contributed by atoms with Crippen molar-refractivity contribution >= 4 is 17.8 Å². The van der Waals surface area contributed by atoms with E-state index in [2.05, 4.69) is 18.7 Å². The molecular weight excluding hydrogens is 556 g/mol. The second kappa shape index (κ2) is 12.2. The third-order valence-electron chi connectivity index (χ3n) is 14.1. The molecule has 246 valence electrons. The van der Waals surface area contributed by atoms with Crippen molar-refractivity contribution in [3.05, 3.63) is 0 Å². The van der Waals surface area contributed by atoms with Crippen molar-refractivity contribution in [2.45, 2.75) is 122 Å². The Balaban J connectivity index is 0.992. The van der Waals surface area contributed by atoms with Gasteiger partial charge in [0.1, 0.15) is 17.5 Å². The molecule has 0 bridgehead atoms. The summed E-state index contributed by atoms with van der Waals surface area (Å²) in [5.41, 5.74) is -0.259. The first-order chi connectivity index (χ1) is 21.2. The van der Waals surface area contributed by atoms with Gasteiger partial charge in [0.15, 0.2) is 0 Å². The van der Waals surface area contributed by atoms with Crippen molar-refractivity contribution in [2.75, 3.05) is 45.9 Å². The number of hydrogen-bond acceptors (Lipinski definition) is 7. The molecule has 5 unspecified atom stereocenters. The van der Waals surface area contributed by atoms with E-state index < -0.39 is 5.60 Å². The summed E-state index contributed by atoms with van der Waals surface area (Å²) in [6, 6.07) is 0. The summed E-state index contributed by atoms with van der Waals surface area (Å²) in [5, 5.41) is 0. The summed E-state index contributed by atoms with van der Waals surface area (Å²) in [5.74, 6) is 3.49. The fourth-order valence-electron chi connectivity index (χ4n) is 11.5. The maximum absolute atomic E-state index is 13.4. The van der Waals surface area contributed by atoms with Gasteiger partial charge in [0.05, 0.1) is 26.3 Å². The summed E-state index contributed by atoms with van der Waals surface area (Å²) >= 11 is 0. The molecule has 1 spiro atoms. The molecule has 5 saturated carbocycles. The minimum absolute atomic E-state index is 0.0839. The molecule has 7 rings (SSSR count). The summed E-state index contributed by atoms with van der Waals surface area (Å²) in [6.45, 7) is 9.43. The lowest BCUT2D eigenvalue weighted by Gasteiger charge is -2.61. The number of carbonyl (C=O) groups is 3. The highest BCUT2D eigenvalue weighted by Gasteiger charge is 2.63. The molecule has 8 atom stereocenters. The third-order valence-corrected chi connectivity index (χ3v) is 14.1. The number of nitrogens with zero attached hydrogens (tertiary/aromatic N) is 2. The highest BCUT2D eigenvalue weighted by atomic mass is 16.6. The van der Waals surface area contributed by atoms with E-state index in [4.69, 9.17) is 14.2 Å². The van der Waals surface area contributed by atoms with E-state index in [1.165, 1.54) is 44.9 Å². The number of fused-ring (bicyclic) bond motifs is 5. The number of Topliss-reactive ketones (excluding diaryl/α,β-unsaturated/α-hetero) is 1. The maximum Gasteiger partial charge on any atom is 0.410 e. The first-order valence-corrected chi connectivity index (χ1v) is 18.2. The molecule has 5 aliphatic carbocycles. The third kappa shape index (κ3) is 5.73. The molecule has 7 fully saturated rings.